The van der Waals surface area contributed by atoms with Crippen molar-refractivity contribution in [1.29, 1.82) is 0 Å². The van der Waals surface area contributed by atoms with E-state index in [1.54, 1.807) is 29.9 Å². The summed E-state index contributed by atoms with van der Waals surface area (Å²) in [6.45, 7) is 4.37. The van der Waals surface area contributed by atoms with E-state index in [0.717, 1.165) is 11.4 Å². The minimum atomic E-state index is -0.299. The molecule has 1 heterocycles. The van der Waals surface area contributed by atoms with Crippen LogP contribution in [0, 0.1) is 6.92 Å². The molecule has 29 heavy (non-hydrogen) atoms. The molecule has 6 nitrogen and oxygen atoms in total. The van der Waals surface area contributed by atoms with Crippen molar-refractivity contribution < 1.29 is 14.3 Å². The maximum atomic E-state index is 12.4. The largest absolute Gasteiger partial charge is 0.494 e. The Kier molecular flexibility index (Phi) is 6.57. The summed E-state index contributed by atoms with van der Waals surface area (Å²) < 4.78 is 12.9. The van der Waals surface area contributed by atoms with Gasteiger partial charge in [-0.05, 0) is 56.3 Å². The van der Waals surface area contributed by atoms with Crippen LogP contribution in [0.4, 0.5) is 5.69 Å². The molecule has 0 aliphatic rings. The van der Waals surface area contributed by atoms with Crippen molar-refractivity contribution in [2.75, 3.05) is 11.9 Å². The van der Waals surface area contributed by atoms with Crippen molar-refractivity contribution >= 4 is 29.3 Å². The highest BCUT2D eigenvalue weighted by Crippen LogP contribution is 2.30. The number of ether oxygens (including phenoxy) is 2. The average molecular weight is 412 g/mol. The molecule has 0 saturated heterocycles. The van der Waals surface area contributed by atoms with Crippen LogP contribution in [0.2, 0.25) is 5.15 Å². The first-order valence-corrected chi connectivity index (χ1v) is 9.53. The first kappa shape index (κ1) is 20.5. The van der Waals surface area contributed by atoms with Crippen molar-refractivity contribution in [2.24, 2.45) is 7.05 Å². The van der Waals surface area contributed by atoms with Crippen molar-refractivity contribution in [3.05, 3.63) is 71.0 Å². The van der Waals surface area contributed by atoms with Crippen LogP contribution < -0.4 is 14.8 Å². The van der Waals surface area contributed by atoms with Crippen LogP contribution >= 0.6 is 11.6 Å². The number of hydrogen-bond donors (Lipinski definition) is 1. The lowest BCUT2D eigenvalue weighted by molar-refractivity contribution is -0.111. The summed E-state index contributed by atoms with van der Waals surface area (Å²) in [5.41, 5.74) is 2.02. The van der Waals surface area contributed by atoms with Crippen LogP contribution in [-0.4, -0.2) is 22.3 Å². The summed E-state index contributed by atoms with van der Waals surface area (Å²) in [7, 11) is 1.75. The van der Waals surface area contributed by atoms with E-state index in [0.29, 0.717) is 34.5 Å². The lowest BCUT2D eigenvalue weighted by atomic mass is 10.2. The van der Waals surface area contributed by atoms with Gasteiger partial charge in [-0.3, -0.25) is 9.48 Å². The Hall–Kier alpha value is -3.25. The second kappa shape index (κ2) is 9.30. The van der Waals surface area contributed by atoms with Gasteiger partial charge in [0.15, 0.2) is 5.75 Å². The molecule has 1 N–H and O–H groups in total. The van der Waals surface area contributed by atoms with E-state index in [-0.39, 0.29) is 5.91 Å². The molecule has 0 bridgehead atoms. The molecule has 3 rings (SSSR count). The zero-order chi connectivity index (χ0) is 20.8. The molecule has 0 aliphatic heterocycles. The topological polar surface area (TPSA) is 65.4 Å². The Labute approximate surface area is 174 Å². The molecule has 0 fully saturated rings. The molecule has 0 spiro atoms. The average Bonchev–Trinajstić information content (AvgIpc) is 2.95. The fourth-order valence-corrected chi connectivity index (χ4v) is 2.96. The van der Waals surface area contributed by atoms with Gasteiger partial charge in [-0.1, -0.05) is 23.7 Å². The maximum Gasteiger partial charge on any atom is 0.248 e. The molecule has 2 aromatic carbocycles. The normalized spacial score (nSPS) is 10.9. The smallest absolute Gasteiger partial charge is 0.248 e. The molecule has 0 saturated carbocycles. The third-order valence-electron chi connectivity index (χ3n) is 4.11. The summed E-state index contributed by atoms with van der Waals surface area (Å²) in [5.74, 6) is 1.65. The van der Waals surface area contributed by atoms with Crippen LogP contribution in [0.5, 0.6) is 17.2 Å². The van der Waals surface area contributed by atoms with Crippen molar-refractivity contribution in [2.45, 2.75) is 13.8 Å². The first-order chi connectivity index (χ1) is 14.0. The van der Waals surface area contributed by atoms with E-state index in [4.69, 9.17) is 21.1 Å². The monoisotopic (exact) mass is 411 g/mol. The van der Waals surface area contributed by atoms with Gasteiger partial charge in [0.2, 0.25) is 5.91 Å². The number of nitrogens with one attached hydrogen (secondary N) is 1. The molecule has 1 amide bonds. The minimum Gasteiger partial charge on any atom is -0.494 e. The van der Waals surface area contributed by atoms with Gasteiger partial charge in [-0.15, -0.1) is 0 Å². The number of aromatic nitrogens is 2. The molecule has 0 atom stereocenters. The Morgan fingerprint density at radius 2 is 1.86 bits per heavy atom. The van der Waals surface area contributed by atoms with Gasteiger partial charge < -0.3 is 14.8 Å². The third-order valence-corrected chi connectivity index (χ3v) is 4.55. The Morgan fingerprint density at radius 1 is 1.17 bits per heavy atom. The lowest BCUT2D eigenvalue weighted by Gasteiger charge is -2.12. The Balaban J connectivity index is 1.71. The van der Waals surface area contributed by atoms with Crippen molar-refractivity contribution in [1.82, 2.24) is 9.78 Å². The number of amides is 1. The third kappa shape index (κ3) is 5.18. The molecule has 0 aliphatic carbocycles. The molecule has 1 aromatic heterocycles. The number of hydrogen-bond acceptors (Lipinski definition) is 4. The number of carbonyl (C=O) groups excluding carboxylic acids is 1. The Morgan fingerprint density at radius 3 is 2.52 bits per heavy atom. The number of carbonyl (C=O) groups is 1. The highest BCUT2D eigenvalue weighted by atomic mass is 35.5. The highest BCUT2D eigenvalue weighted by molar-refractivity contribution is 6.31. The van der Waals surface area contributed by atoms with Crippen LogP contribution in [0.15, 0.2) is 54.6 Å². The van der Waals surface area contributed by atoms with Crippen LogP contribution in [0.25, 0.3) is 6.08 Å². The molecular formula is C22H22ClN3O3. The van der Waals surface area contributed by atoms with E-state index in [9.17, 15) is 4.79 Å². The zero-order valence-corrected chi connectivity index (χ0v) is 17.2. The van der Waals surface area contributed by atoms with E-state index in [1.165, 1.54) is 6.08 Å². The quantitative estimate of drug-likeness (QED) is 0.541. The van der Waals surface area contributed by atoms with Gasteiger partial charge in [0.25, 0.3) is 0 Å². The zero-order valence-electron chi connectivity index (χ0n) is 16.5. The van der Waals surface area contributed by atoms with E-state index >= 15 is 0 Å². The molecule has 0 radical (unpaired) electrons. The number of rotatable bonds is 7. The van der Waals surface area contributed by atoms with Gasteiger partial charge in [-0.2, -0.15) is 5.10 Å². The van der Waals surface area contributed by atoms with Crippen LogP contribution in [-0.2, 0) is 11.8 Å². The fraction of sp³-hybridized carbons (Fsp3) is 0.182. The lowest BCUT2D eigenvalue weighted by Crippen LogP contribution is -2.08. The summed E-state index contributed by atoms with van der Waals surface area (Å²) in [6.07, 6.45) is 3.07. The number of nitrogens with zero attached hydrogens (tertiary/aromatic N) is 2. The fourth-order valence-electron chi connectivity index (χ4n) is 2.73. The van der Waals surface area contributed by atoms with Crippen LogP contribution in [0.3, 0.4) is 0 Å². The van der Waals surface area contributed by atoms with Gasteiger partial charge in [-0.25, -0.2) is 0 Å². The number of halogens is 1. The van der Waals surface area contributed by atoms with E-state index < -0.39 is 0 Å². The highest BCUT2D eigenvalue weighted by Gasteiger charge is 2.10. The van der Waals surface area contributed by atoms with Crippen LogP contribution in [0.1, 0.15) is 18.2 Å². The second-order valence-corrected chi connectivity index (χ2v) is 6.60. The first-order valence-electron chi connectivity index (χ1n) is 9.16. The molecular weight excluding hydrogens is 390 g/mol. The van der Waals surface area contributed by atoms with Gasteiger partial charge in [0, 0.05) is 18.7 Å². The van der Waals surface area contributed by atoms with E-state index in [2.05, 4.69) is 10.4 Å². The standard InChI is InChI=1S/C22H22ClN3O3/c1-4-28-16-9-11-17(12-10-16)29-20-8-6-5-7-19(20)24-21(27)14-13-18-15(2)25-26(3)22(18)23/h5-14H,4H2,1-3H3,(H,24,27)/b14-13+. The molecule has 0 unspecified atom stereocenters. The number of aryl methyl sites for hydroxylation is 2. The number of benzene rings is 2. The maximum absolute atomic E-state index is 12.4. The van der Waals surface area contributed by atoms with Gasteiger partial charge in [0.05, 0.1) is 18.0 Å². The number of para-hydroxylation sites is 2. The summed E-state index contributed by atoms with van der Waals surface area (Å²) >= 11 is 6.19. The number of anilines is 1. The predicted molar refractivity (Wildman–Crippen MR) is 115 cm³/mol. The van der Waals surface area contributed by atoms with Crippen molar-refractivity contribution in [3.63, 3.8) is 0 Å². The molecule has 7 heteroatoms. The predicted octanol–water partition coefficient (Wildman–Crippen LogP) is 5.22. The summed E-state index contributed by atoms with van der Waals surface area (Å²) in [4.78, 5) is 12.4. The molecule has 150 valence electrons. The van der Waals surface area contributed by atoms with Gasteiger partial charge >= 0.3 is 0 Å². The SMILES string of the molecule is CCOc1ccc(Oc2ccccc2NC(=O)/C=C/c2c(C)nn(C)c2Cl)cc1. The summed E-state index contributed by atoms with van der Waals surface area (Å²) in [6, 6.07) is 14.5. The van der Waals surface area contributed by atoms with Gasteiger partial charge in [0.1, 0.15) is 16.7 Å². The Bertz CT molecular complexity index is 1030. The second-order valence-electron chi connectivity index (χ2n) is 6.24. The van der Waals surface area contributed by atoms with E-state index in [1.807, 2.05) is 50.2 Å². The summed E-state index contributed by atoms with van der Waals surface area (Å²) in [5, 5.41) is 7.53. The molecule has 3 aromatic rings. The van der Waals surface area contributed by atoms with Crippen molar-refractivity contribution in [3.8, 4) is 17.2 Å². The minimum absolute atomic E-state index is 0.299.